The first-order valence-corrected chi connectivity index (χ1v) is 7.80. The average molecular weight is 328 g/mol. The molecule has 1 unspecified atom stereocenters. The zero-order valence-electron chi connectivity index (χ0n) is 11.5. The number of carbonyl (C=O) groups excluding carboxylic acids is 2. The molecule has 2 amide bonds. The molecule has 9 heteroatoms. The van der Waals surface area contributed by atoms with Gasteiger partial charge in [-0.25, -0.2) is 0 Å². The second kappa shape index (κ2) is 8.47. The molecule has 0 aromatic rings. The molecule has 1 fully saturated rings. The van der Waals surface area contributed by atoms with E-state index in [-0.39, 0.29) is 25.5 Å². The highest BCUT2D eigenvalue weighted by Crippen LogP contribution is 2.23. The smallest absolute Gasteiger partial charge is 0.396 e. The van der Waals surface area contributed by atoms with Crippen molar-refractivity contribution in [1.82, 2.24) is 10.2 Å². The zero-order valence-corrected chi connectivity index (χ0v) is 12.3. The van der Waals surface area contributed by atoms with Gasteiger partial charge in [0.2, 0.25) is 11.8 Å². The maximum atomic E-state index is 12.2. The summed E-state index contributed by atoms with van der Waals surface area (Å²) >= 11 is 1.57. The molecule has 0 aromatic carbocycles. The van der Waals surface area contributed by atoms with E-state index in [0.29, 0.717) is 23.6 Å². The molecule has 5 nitrogen and oxygen atoms in total. The van der Waals surface area contributed by atoms with Crippen molar-refractivity contribution >= 4 is 23.6 Å². The van der Waals surface area contributed by atoms with Gasteiger partial charge in [-0.2, -0.15) is 24.9 Å². The summed E-state index contributed by atoms with van der Waals surface area (Å²) < 4.78 is 36.7. The summed E-state index contributed by atoms with van der Waals surface area (Å²) in [6.07, 6.45) is -3.92. The number of nitrogens with zero attached hydrogens (tertiary/aromatic N) is 1. The van der Waals surface area contributed by atoms with E-state index in [0.717, 1.165) is 5.75 Å². The van der Waals surface area contributed by atoms with Crippen LogP contribution in [-0.2, 0) is 9.59 Å². The van der Waals surface area contributed by atoms with Gasteiger partial charge in [-0.1, -0.05) is 0 Å². The first kappa shape index (κ1) is 18.1. The summed E-state index contributed by atoms with van der Waals surface area (Å²) in [4.78, 5) is 23.9. The van der Waals surface area contributed by atoms with Crippen LogP contribution in [0.5, 0.6) is 0 Å². The Balaban J connectivity index is 2.25. The van der Waals surface area contributed by atoms with Gasteiger partial charge in [-0.3, -0.25) is 9.59 Å². The molecule has 21 heavy (non-hydrogen) atoms. The first-order chi connectivity index (χ1) is 9.83. The first-order valence-electron chi connectivity index (χ1n) is 6.64. The monoisotopic (exact) mass is 328 g/mol. The standard InChI is InChI=1S/C12H19F3N2O3S/c13-12(14,15)8-17-7-9(6-10(17)19)11(20)16-2-5-21-4-1-3-18/h9,18H,1-8H2,(H,16,20). The fraction of sp³-hybridized carbons (Fsp3) is 0.833. The molecule has 0 aromatic heterocycles. The number of aliphatic hydroxyl groups is 1. The van der Waals surface area contributed by atoms with Gasteiger partial charge in [-0.05, 0) is 12.2 Å². The van der Waals surface area contributed by atoms with Crippen molar-refractivity contribution in [1.29, 1.82) is 0 Å². The van der Waals surface area contributed by atoms with Gasteiger partial charge in [0.05, 0.1) is 5.92 Å². The summed E-state index contributed by atoms with van der Waals surface area (Å²) in [7, 11) is 0. The SMILES string of the molecule is O=C(NCCSCCCO)C1CC(=O)N(CC(F)(F)F)C1. The number of rotatable bonds is 8. The molecule has 1 saturated heterocycles. The largest absolute Gasteiger partial charge is 0.406 e. The average Bonchev–Trinajstić information content (AvgIpc) is 2.73. The Morgan fingerprint density at radius 2 is 2.14 bits per heavy atom. The highest BCUT2D eigenvalue weighted by Gasteiger charge is 2.40. The molecule has 0 radical (unpaired) electrons. The third kappa shape index (κ3) is 7.03. The Kier molecular flexibility index (Phi) is 7.30. The van der Waals surface area contributed by atoms with Gasteiger partial charge >= 0.3 is 6.18 Å². The highest BCUT2D eigenvalue weighted by atomic mass is 32.2. The van der Waals surface area contributed by atoms with Gasteiger partial charge < -0.3 is 15.3 Å². The zero-order chi connectivity index (χ0) is 15.9. The fourth-order valence-corrected chi connectivity index (χ4v) is 2.76. The van der Waals surface area contributed by atoms with Crippen LogP contribution in [0.4, 0.5) is 13.2 Å². The quantitative estimate of drug-likeness (QED) is 0.641. The van der Waals surface area contributed by atoms with Crippen LogP contribution in [0.3, 0.4) is 0 Å². The second-order valence-corrected chi connectivity index (χ2v) is 6.00. The molecule has 1 rings (SSSR count). The molecule has 122 valence electrons. The van der Waals surface area contributed by atoms with E-state index in [1.807, 2.05) is 0 Å². The number of nitrogens with one attached hydrogen (secondary N) is 1. The lowest BCUT2D eigenvalue weighted by Crippen LogP contribution is -2.37. The van der Waals surface area contributed by atoms with E-state index >= 15 is 0 Å². The Morgan fingerprint density at radius 3 is 2.76 bits per heavy atom. The lowest BCUT2D eigenvalue weighted by molar-refractivity contribution is -0.157. The van der Waals surface area contributed by atoms with Crippen molar-refractivity contribution < 1.29 is 27.9 Å². The second-order valence-electron chi connectivity index (χ2n) is 4.77. The molecule has 0 aliphatic carbocycles. The van der Waals surface area contributed by atoms with Crippen molar-refractivity contribution in [3.8, 4) is 0 Å². The number of alkyl halides is 3. The van der Waals surface area contributed by atoms with Crippen LogP contribution in [0.1, 0.15) is 12.8 Å². The van der Waals surface area contributed by atoms with Crippen LogP contribution in [0.25, 0.3) is 0 Å². The lowest BCUT2D eigenvalue weighted by Gasteiger charge is -2.18. The Labute approximate surface area is 125 Å². The van der Waals surface area contributed by atoms with Crippen LogP contribution in [-0.4, -0.2) is 65.7 Å². The number of amides is 2. The molecular formula is C12H19F3N2O3S. The van der Waals surface area contributed by atoms with Gasteiger partial charge in [0, 0.05) is 31.9 Å². The maximum absolute atomic E-state index is 12.2. The Bertz CT molecular complexity index is 366. The predicted molar refractivity (Wildman–Crippen MR) is 72.8 cm³/mol. The minimum Gasteiger partial charge on any atom is -0.396 e. The van der Waals surface area contributed by atoms with Crippen molar-refractivity contribution in [3.05, 3.63) is 0 Å². The summed E-state index contributed by atoms with van der Waals surface area (Å²) in [6.45, 7) is -0.952. The molecule has 1 heterocycles. The van der Waals surface area contributed by atoms with Crippen LogP contribution in [0.2, 0.25) is 0 Å². The molecule has 1 aliphatic rings. The van der Waals surface area contributed by atoms with Crippen LogP contribution in [0, 0.1) is 5.92 Å². The predicted octanol–water partition coefficient (Wildman–Crippen LogP) is 0.629. The Morgan fingerprint density at radius 1 is 1.43 bits per heavy atom. The number of likely N-dealkylation sites (tertiary alicyclic amines) is 1. The lowest BCUT2D eigenvalue weighted by atomic mass is 10.1. The van der Waals surface area contributed by atoms with Gasteiger partial charge in [0.25, 0.3) is 0 Å². The molecule has 0 saturated carbocycles. The topological polar surface area (TPSA) is 69.6 Å². The summed E-state index contributed by atoms with van der Waals surface area (Å²) in [5, 5.41) is 11.2. The minimum absolute atomic E-state index is 0.124. The third-order valence-electron chi connectivity index (χ3n) is 2.95. The van der Waals surface area contributed by atoms with Crippen molar-refractivity contribution in [3.63, 3.8) is 0 Å². The maximum Gasteiger partial charge on any atom is 0.406 e. The van der Waals surface area contributed by atoms with Crippen LogP contribution >= 0.6 is 11.8 Å². The molecule has 0 spiro atoms. The number of halogens is 3. The number of thioether (sulfide) groups is 1. The summed E-state index contributed by atoms with van der Waals surface area (Å²) in [5.41, 5.74) is 0. The molecule has 0 bridgehead atoms. The number of hydrogen-bond acceptors (Lipinski definition) is 4. The normalized spacial score (nSPS) is 19.1. The van der Waals surface area contributed by atoms with E-state index in [2.05, 4.69) is 5.32 Å². The van der Waals surface area contributed by atoms with E-state index < -0.39 is 24.5 Å². The summed E-state index contributed by atoms with van der Waals surface area (Å²) in [6, 6.07) is 0. The number of aliphatic hydroxyl groups excluding tert-OH is 1. The van der Waals surface area contributed by atoms with Crippen molar-refractivity contribution in [2.24, 2.45) is 5.92 Å². The van der Waals surface area contributed by atoms with E-state index in [1.54, 1.807) is 11.8 Å². The van der Waals surface area contributed by atoms with Crippen LogP contribution < -0.4 is 5.32 Å². The Hall–Kier alpha value is -0.960. The minimum atomic E-state index is -4.44. The third-order valence-corrected chi connectivity index (χ3v) is 4.02. The number of carbonyl (C=O) groups is 2. The van der Waals surface area contributed by atoms with Crippen LogP contribution in [0.15, 0.2) is 0 Å². The molecular weight excluding hydrogens is 309 g/mol. The van der Waals surface area contributed by atoms with E-state index in [4.69, 9.17) is 5.11 Å². The van der Waals surface area contributed by atoms with Gasteiger partial charge in [0.15, 0.2) is 0 Å². The molecule has 1 aliphatic heterocycles. The number of hydrogen-bond donors (Lipinski definition) is 2. The fourth-order valence-electron chi connectivity index (χ4n) is 1.98. The summed E-state index contributed by atoms with van der Waals surface area (Å²) in [5.74, 6) is -0.269. The van der Waals surface area contributed by atoms with Gasteiger partial charge in [0.1, 0.15) is 6.54 Å². The molecule has 1 atom stereocenters. The van der Waals surface area contributed by atoms with Gasteiger partial charge in [-0.15, -0.1) is 0 Å². The highest BCUT2D eigenvalue weighted by molar-refractivity contribution is 7.99. The molecule has 2 N–H and O–H groups in total. The van der Waals surface area contributed by atoms with E-state index in [1.165, 1.54) is 0 Å². The van der Waals surface area contributed by atoms with Crippen molar-refractivity contribution in [2.45, 2.75) is 19.0 Å². The van der Waals surface area contributed by atoms with E-state index in [9.17, 15) is 22.8 Å². The van der Waals surface area contributed by atoms with Crippen molar-refractivity contribution in [2.75, 3.05) is 37.7 Å².